The number of ether oxygens (including phenoxy) is 1. The Kier molecular flexibility index (Phi) is 10.5. The van der Waals surface area contributed by atoms with Crippen molar-refractivity contribution in [2.75, 3.05) is 11.9 Å². The zero-order valence-electron chi connectivity index (χ0n) is 17.1. The number of para-hydroxylation sites is 1. The van der Waals surface area contributed by atoms with Gasteiger partial charge in [-0.1, -0.05) is 78.7 Å². The molecule has 0 heterocycles. The molecular weight excluding hydrogens is 464 g/mol. The summed E-state index contributed by atoms with van der Waals surface area (Å²) in [7, 11) is 0. The SMILES string of the molecule is CCCCCCCCOc1ccc(Br)cc1C=C(C#N)C(=O)Nc1ccccc1Cl. The lowest BCUT2D eigenvalue weighted by atomic mass is 10.1. The van der Waals surface area contributed by atoms with Crippen molar-refractivity contribution in [1.82, 2.24) is 0 Å². The van der Waals surface area contributed by atoms with Crippen molar-refractivity contribution in [3.63, 3.8) is 0 Å². The average Bonchev–Trinajstić information content (AvgIpc) is 2.74. The number of nitrogens with zero attached hydrogens (tertiary/aromatic N) is 1. The predicted octanol–water partition coefficient (Wildman–Crippen LogP) is 7.39. The Morgan fingerprint density at radius 3 is 2.63 bits per heavy atom. The van der Waals surface area contributed by atoms with Crippen molar-refractivity contribution in [2.45, 2.75) is 45.4 Å². The highest BCUT2D eigenvalue weighted by Gasteiger charge is 2.13. The molecule has 0 aromatic heterocycles. The number of nitrogens with one attached hydrogen (secondary N) is 1. The molecule has 2 aromatic carbocycles. The van der Waals surface area contributed by atoms with Crippen LogP contribution in [0.25, 0.3) is 6.08 Å². The standard InChI is InChI=1S/C24H26BrClN2O2/c1-2-3-4-5-6-9-14-30-23-13-12-20(25)16-18(23)15-19(17-27)24(29)28-22-11-8-7-10-21(22)26/h7-8,10-13,15-16H,2-6,9,14H2,1H3,(H,28,29). The Labute approximate surface area is 192 Å². The van der Waals surface area contributed by atoms with Gasteiger partial charge in [-0.15, -0.1) is 0 Å². The smallest absolute Gasteiger partial charge is 0.266 e. The van der Waals surface area contributed by atoms with Crippen LogP contribution in [0.1, 0.15) is 51.0 Å². The monoisotopic (exact) mass is 488 g/mol. The van der Waals surface area contributed by atoms with Gasteiger partial charge in [0.25, 0.3) is 5.91 Å². The number of carbonyl (C=O) groups excluding carboxylic acids is 1. The van der Waals surface area contributed by atoms with Crippen LogP contribution in [0.3, 0.4) is 0 Å². The molecule has 0 fully saturated rings. The quantitative estimate of drug-likeness (QED) is 0.203. The van der Waals surface area contributed by atoms with E-state index in [4.69, 9.17) is 16.3 Å². The first-order chi connectivity index (χ1) is 14.5. The second-order valence-corrected chi connectivity index (χ2v) is 8.23. The third-order valence-corrected chi connectivity index (χ3v) is 5.34. The molecule has 1 N–H and O–H groups in total. The maximum absolute atomic E-state index is 12.6. The van der Waals surface area contributed by atoms with Gasteiger partial charge in [-0.25, -0.2) is 0 Å². The molecule has 4 nitrogen and oxygen atoms in total. The van der Waals surface area contributed by atoms with E-state index in [2.05, 4.69) is 28.2 Å². The van der Waals surface area contributed by atoms with Gasteiger partial charge in [-0.3, -0.25) is 4.79 Å². The fourth-order valence-corrected chi connectivity index (χ4v) is 3.45. The highest BCUT2D eigenvalue weighted by molar-refractivity contribution is 9.10. The van der Waals surface area contributed by atoms with Crippen LogP contribution in [0.2, 0.25) is 5.02 Å². The second-order valence-electron chi connectivity index (χ2n) is 6.90. The zero-order chi connectivity index (χ0) is 21.8. The summed E-state index contributed by atoms with van der Waals surface area (Å²) < 4.78 is 6.77. The van der Waals surface area contributed by atoms with Crippen LogP contribution in [0, 0.1) is 11.3 Å². The Morgan fingerprint density at radius 1 is 1.17 bits per heavy atom. The molecule has 0 atom stereocenters. The molecule has 2 aromatic rings. The second kappa shape index (κ2) is 13.1. The number of hydrogen-bond donors (Lipinski definition) is 1. The van der Waals surface area contributed by atoms with Gasteiger partial charge in [0.15, 0.2) is 0 Å². The molecule has 0 spiro atoms. The summed E-state index contributed by atoms with van der Waals surface area (Å²) in [6.07, 6.45) is 8.62. The van der Waals surface area contributed by atoms with E-state index in [0.29, 0.717) is 28.6 Å². The molecule has 0 saturated carbocycles. The number of hydrogen-bond acceptors (Lipinski definition) is 3. The number of benzene rings is 2. The summed E-state index contributed by atoms with van der Waals surface area (Å²) in [4.78, 5) is 12.6. The molecule has 158 valence electrons. The first kappa shape index (κ1) is 24.0. The lowest BCUT2D eigenvalue weighted by molar-refractivity contribution is -0.112. The van der Waals surface area contributed by atoms with Crippen LogP contribution < -0.4 is 10.1 Å². The van der Waals surface area contributed by atoms with Gasteiger partial charge in [-0.05, 0) is 42.8 Å². The molecule has 0 saturated heterocycles. The maximum atomic E-state index is 12.6. The number of unbranched alkanes of at least 4 members (excludes halogenated alkanes) is 5. The molecule has 0 aliphatic rings. The fraction of sp³-hybridized carbons (Fsp3) is 0.333. The highest BCUT2D eigenvalue weighted by atomic mass is 79.9. The topological polar surface area (TPSA) is 62.1 Å². The molecule has 1 amide bonds. The lowest BCUT2D eigenvalue weighted by Crippen LogP contribution is -2.13. The van der Waals surface area contributed by atoms with E-state index in [1.165, 1.54) is 31.8 Å². The van der Waals surface area contributed by atoms with E-state index in [-0.39, 0.29) is 5.57 Å². The van der Waals surface area contributed by atoms with Gasteiger partial charge in [0.2, 0.25) is 0 Å². The first-order valence-electron chi connectivity index (χ1n) is 10.1. The summed E-state index contributed by atoms with van der Waals surface area (Å²) in [6.45, 7) is 2.80. The van der Waals surface area contributed by atoms with Crippen LogP contribution in [0.5, 0.6) is 5.75 Å². The van der Waals surface area contributed by atoms with Gasteiger partial charge in [0.1, 0.15) is 17.4 Å². The molecule has 6 heteroatoms. The minimum atomic E-state index is -0.521. The zero-order valence-corrected chi connectivity index (χ0v) is 19.4. The number of carbonyl (C=O) groups is 1. The van der Waals surface area contributed by atoms with E-state index in [1.807, 2.05) is 24.3 Å². The van der Waals surface area contributed by atoms with Crippen LogP contribution in [0.15, 0.2) is 52.5 Å². The minimum Gasteiger partial charge on any atom is -0.493 e. The summed E-state index contributed by atoms with van der Waals surface area (Å²) in [5.74, 6) is 0.123. The number of rotatable bonds is 11. The minimum absolute atomic E-state index is 0.0302. The van der Waals surface area contributed by atoms with Crippen LogP contribution in [-0.2, 0) is 4.79 Å². The van der Waals surface area contributed by atoms with Crippen molar-refractivity contribution in [1.29, 1.82) is 5.26 Å². The maximum Gasteiger partial charge on any atom is 0.266 e. The third-order valence-electron chi connectivity index (χ3n) is 4.51. The summed E-state index contributed by atoms with van der Waals surface area (Å²) in [5, 5.41) is 12.6. The molecule has 0 bridgehead atoms. The number of amides is 1. The van der Waals surface area contributed by atoms with Gasteiger partial charge in [0.05, 0.1) is 17.3 Å². The van der Waals surface area contributed by atoms with Crippen LogP contribution >= 0.6 is 27.5 Å². The Balaban J connectivity index is 2.07. The van der Waals surface area contributed by atoms with Gasteiger partial charge < -0.3 is 10.1 Å². The van der Waals surface area contributed by atoms with Crippen LogP contribution in [0.4, 0.5) is 5.69 Å². The van der Waals surface area contributed by atoms with Gasteiger partial charge >= 0.3 is 0 Å². The molecule has 0 aliphatic carbocycles. The summed E-state index contributed by atoms with van der Waals surface area (Å²) in [5.41, 5.74) is 1.10. The largest absolute Gasteiger partial charge is 0.493 e. The molecule has 30 heavy (non-hydrogen) atoms. The molecular formula is C24H26BrClN2O2. The van der Waals surface area contributed by atoms with Crippen molar-refractivity contribution in [3.8, 4) is 11.8 Å². The molecule has 2 rings (SSSR count). The molecule has 0 unspecified atom stereocenters. The highest BCUT2D eigenvalue weighted by Crippen LogP contribution is 2.27. The van der Waals surface area contributed by atoms with Crippen LogP contribution in [-0.4, -0.2) is 12.5 Å². The van der Waals surface area contributed by atoms with Crippen molar-refractivity contribution in [2.24, 2.45) is 0 Å². The normalized spacial score (nSPS) is 11.1. The Hall–Kier alpha value is -2.29. The summed E-state index contributed by atoms with van der Waals surface area (Å²) >= 11 is 9.53. The average molecular weight is 490 g/mol. The van der Waals surface area contributed by atoms with E-state index in [1.54, 1.807) is 24.3 Å². The Bertz CT molecular complexity index is 922. The van der Waals surface area contributed by atoms with Crippen molar-refractivity contribution < 1.29 is 9.53 Å². The number of anilines is 1. The van der Waals surface area contributed by atoms with E-state index in [0.717, 1.165) is 17.3 Å². The number of halogens is 2. The van der Waals surface area contributed by atoms with Gasteiger partial charge in [0, 0.05) is 10.0 Å². The van der Waals surface area contributed by atoms with Crippen molar-refractivity contribution >= 4 is 45.2 Å². The van der Waals surface area contributed by atoms with E-state index < -0.39 is 5.91 Å². The molecule has 0 aliphatic heterocycles. The van der Waals surface area contributed by atoms with E-state index >= 15 is 0 Å². The third kappa shape index (κ3) is 7.85. The van der Waals surface area contributed by atoms with Crippen molar-refractivity contribution in [3.05, 3.63) is 63.1 Å². The predicted molar refractivity (Wildman–Crippen MR) is 127 cm³/mol. The Morgan fingerprint density at radius 2 is 1.90 bits per heavy atom. The first-order valence-corrected chi connectivity index (χ1v) is 11.3. The fourth-order valence-electron chi connectivity index (χ4n) is 2.88. The molecule has 0 radical (unpaired) electrons. The summed E-state index contributed by atoms with van der Waals surface area (Å²) in [6, 6.07) is 14.4. The lowest BCUT2D eigenvalue weighted by Gasteiger charge is -2.11. The number of nitriles is 1. The van der Waals surface area contributed by atoms with E-state index in [9.17, 15) is 10.1 Å². The van der Waals surface area contributed by atoms with Gasteiger partial charge in [-0.2, -0.15) is 5.26 Å².